The van der Waals surface area contributed by atoms with Gasteiger partial charge in [0.1, 0.15) is 14.8 Å². The number of hydrogen-bond donors (Lipinski definition) is 2. The maximum Gasteiger partial charge on any atom is 0.357 e. The molecule has 29 heavy (non-hydrogen) atoms. The van der Waals surface area contributed by atoms with Gasteiger partial charge in [0, 0.05) is 7.05 Å². The first-order valence-corrected chi connectivity index (χ1v) is 12.1. The molecule has 0 saturated carbocycles. The largest absolute Gasteiger partial charge is 0.383 e. The summed E-state index contributed by atoms with van der Waals surface area (Å²) >= 11 is 1.01. The Labute approximate surface area is 175 Å². The van der Waals surface area contributed by atoms with Crippen molar-refractivity contribution in [2.45, 2.75) is 62.2 Å². The first-order valence-electron chi connectivity index (χ1n) is 9.76. The van der Waals surface area contributed by atoms with Gasteiger partial charge in [0.15, 0.2) is 9.92 Å². The first-order chi connectivity index (χ1) is 13.6. The Hall–Kier alpha value is -1.81. The number of thiazole rings is 1. The molecule has 0 spiro atoms. The Morgan fingerprint density at radius 3 is 2.34 bits per heavy atom. The second-order valence-electron chi connectivity index (χ2n) is 8.25. The number of rotatable bonds is 3. The van der Waals surface area contributed by atoms with Crippen LogP contribution in [-0.4, -0.2) is 27.4 Å². The molecular weight excluding hydrogens is 408 g/mol. The van der Waals surface area contributed by atoms with E-state index in [-0.39, 0.29) is 4.21 Å². The number of benzene rings is 1. The zero-order chi connectivity index (χ0) is 21.0. The van der Waals surface area contributed by atoms with Crippen LogP contribution in [0.4, 0.5) is 10.5 Å². The third kappa shape index (κ3) is 3.72. The number of aliphatic hydroxyl groups is 1. The van der Waals surface area contributed by atoms with Crippen molar-refractivity contribution >= 4 is 33.0 Å². The number of carbonyl (C=O) groups excluding carboxylic acids is 1. The molecule has 0 bridgehead atoms. The molecule has 9 heteroatoms. The lowest BCUT2D eigenvalue weighted by Gasteiger charge is -2.23. The van der Waals surface area contributed by atoms with Crippen LogP contribution in [0.2, 0.25) is 0 Å². The molecule has 2 amide bonds. The van der Waals surface area contributed by atoms with E-state index in [0.29, 0.717) is 5.01 Å². The molecule has 2 aromatic rings. The fourth-order valence-corrected chi connectivity index (χ4v) is 6.31. The zero-order valence-corrected chi connectivity index (χ0v) is 18.5. The third-order valence-electron chi connectivity index (χ3n) is 5.57. The van der Waals surface area contributed by atoms with Crippen molar-refractivity contribution in [3.63, 3.8) is 0 Å². The molecule has 2 aliphatic rings. The second kappa shape index (κ2) is 7.16. The minimum Gasteiger partial charge on any atom is -0.383 e. The van der Waals surface area contributed by atoms with Crippen molar-refractivity contribution in [1.82, 2.24) is 4.98 Å². The molecule has 1 aromatic heterocycles. The molecule has 0 fully saturated rings. The Balaban J connectivity index is 1.71. The molecule has 1 aromatic carbocycles. The number of urea groups is 1. The van der Waals surface area contributed by atoms with Crippen molar-refractivity contribution in [2.75, 3.05) is 11.9 Å². The van der Waals surface area contributed by atoms with Gasteiger partial charge in [0.25, 0.3) is 0 Å². The summed E-state index contributed by atoms with van der Waals surface area (Å²) < 4.78 is 17.1. The number of aryl methyl sites for hydroxylation is 2. The van der Waals surface area contributed by atoms with Gasteiger partial charge in [-0.3, -0.25) is 4.90 Å². The predicted octanol–water partition coefficient (Wildman–Crippen LogP) is 3.30. The monoisotopic (exact) mass is 434 g/mol. The lowest BCUT2D eigenvalue weighted by Crippen LogP contribution is -2.28. The van der Waals surface area contributed by atoms with E-state index in [9.17, 15) is 14.1 Å². The standard InChI is InChI=1S/C20H26N4O3S2/c1-20(2,26)18-22-11-16(28-18)29(21,27)23-19(25)24(3)17-14-8-4-6-12(14)10-13-7-5-9-15(13)17/h10-11,26H,4-9H2,1-3H3,(H2,21,23,25,27). The van der Waals surface area contributed by atoms with Gasteiger partial charge in [-0.2, -0.15) is 0 Å². The van der Waals surface area contributed by atoms with Gasteiger partial charge in [0.05, 0.1) is 11.9 Å². The molecule has 4 rings (SSSR count). The van der Waals surface area contributed by atoms with Crippen molar-refractivity contribution in [2.24, 2.45) is 9.50 Å². The Kier molecular flexibility index (Phi) is 5.05. The molecular formula is C20H26N4O3S2. The Morgan fingerprint density at radius 2 is 1.83 bits per heavy atom. The average Bonchev–Trinajstić information content (AvgIpc) is 3.36. The van der Waals surface area contributed by atoms with E-state index in [1.54, 1.807) is 20.9 Å². The van der Waals surface area contributed by atoms with Gasteiger partial charge in [-0.05, 0) is 74.6 Å². The topological polar surface area (TPSA) is 109 Å². The number of nitrogens with two attached hydrogens (primary N) is 1. The summed E-state index contributed by atoms with van der Waals surface area (Å²) in [5.41, 5.74) is 4.80. The number of carbonyl (C=O) groups is 1. The van der Waals surface area contributed by atoms with E-state index in [1.807, 2.05) is 0 Å². The average molecular weight is 435 g/mol. The normalized spacial score (nSPS) is 17.6. The molecule has 1 heterocycles. The van der Waals surface area contributed by atoms with E-state index >= 15 is 0 Å². The summed E-state index contributed by atoms with van der Waals surface area (Å²) in [7, 11) is -1.77. The molecule has 0 aliphatic heterocycles. The van der Waals surface area contributed by atoms with Crippen LogP contribution in [0.25, 0.3) is 0 Å². The van der Waals surface area contributed by atoms with E-state index in [1.165, 1.54) is 33.4 Å². The summed E-state index contributed by atoms with van der Waals surface area (Å²) in [4.78, 5) is 18.6. The number of amides is 2. The molecule has 156 valence electrons. The maximum absolute atomic E-state index is 13.0. The van der Waals surface area contributed by atoms with Gasteiger partial charge < -0.3 is 5.11 Å². The van der Waals surface area contributed by atoms with Gasteiger partial charge >= 0.3 is 6.03 Å². The van der Waals surface area contributed by atoms with Crippen molar-refractivity contribution in [1.29, 1.82) is 0 Å². The van der Waals surface area contributed by atoms with Crippen LogP contribution in [0.15, 0.2) is 20.8 Å². The van der Waals surface area contributed by atoms with Crippen LogP contribution >= 0.6 is 11.3 Å². The quantitative estimate of drug-likeness (QED) is 0.772. The van der Waals surface area contributed by atoms with Crippen molar-refractivity contribution in [3.05, 3.63) is 39.5 Å². The van der Waals surface area contributed by atoms with Crippen molar-refractivity contribution < 1.29 is 14.1 Å². The number of aromatic nitrogens is 1. The minimum atomic E-state index is -3.45. The first kappa shape index (κ1) is 20.5. The Morgan fingerprint density at radius 1 is 1.24 bits per heavy atom. The minimum absolute atomic E-state index is 0.180. The van der Waals surface area contributed by atoms with Gasteiger partial charge in [0.2, 0.25) is 0 Å². The molecule has 1 unspecified atom stereocenters. The summed E-state index contributed by atoms with van der Waals surface area (Å²) in [6.07, 6.45) is 7.44. The zero-order valence-electron chi connectivity index (χ0n) is 16.9. The second-order valence-corrected chi connectivity index (χ2v) is 11.3. The fourth-order valence-electron chi connectivity index (χ4n) is 4.19. The highest BCUT2D eigenvalue weighted by molar-refractivity contribution is 7.93. The lowest BCUT2D eigenvalue weighted by molar-refractivity contribution is 0.0783. The summed E-state index contributed by atoms with van der Waals surface area (Å²) in [5, 5.41) is 16.4. The van der Waals surface area contributed by atoms with Gasteiger partial charge in [-0.1, -0.05) is 6.07 Å². The number of anilines is 1. The van der Waals surface area contributed by atoms with Crippen LogP contribution in [-0.2, 0) is 41.2 Å². The van der Waals surface area contributed by atoms with E-state index in [4.69, 9.17) is 5.14 Å². The van der Waals surface area contributed by atoms with Crippen LogP contribution in [0.3, 0.4) is 0 Å². The third-order valence-corrected chi connectivity index (χ3v) is 8.75. The van der Waals surface area contributed by atoms with E-state index < -0.39 is 21.5 Å². The number of hydrogen-bond acceptors (Lipinski definition) is 5. The highest BCUT2D eigenvalue weighted by atomic mass is 32.2. The Bertz CT molecular complexity index is 1080. The summed E-state index contributed by atoms with van der Waals surface area (Å²) in [6, 6.07) is 1.68. The number of fused-ring (bicyclic) bond motifs is 2. The summed E-state index contributed by atoms with van der Waals surface area (Å²) in [5.74, 6) is 0. The maximum atomic E-state index is 13.0. The lowest BCUT2D eigenvalue weighted by atomic mass is 9.98. The molecule has 0 saturated heterocycles. The van der Waals surface area contributed by atoms with Crippen molar-refractivity contribution in [3.8, 4) is 0 Å². The highest BCUT2D eigenvalue weighted by Crippen LogP contribution is 2.40. The van der Waals surface area contributed by atoms with Crippen LogP contribution < -0.4 is 10.0 Å². The van der Waals surface area contributed by atoms with Gasteiger partial charge in [-0.25, -0.2) is 19.1 Å². The van der Waals surface area contributed by atoms with Crippen LogP contribution in [0.1, 0.15) is 54.0 Å². The molecule has 2 aliphatic carbocycles. The predicted molar refractivity (Wildman–Crippen MR) is 115 cm³/mol. The molecule has 0 radical (unpaired) electrons. The van der Waals surface area contributed by atoms with Gasteiger partial charge in [-0.15, -0.1) is 15.7 Å². The fraction of sp³-hybridized carbons (Fsp3) is 0.500. The van der Waals surface area contributed by atoms with Crippen LogP contribution in [0, 0.1) is 0 Å². The molecule has 7 nitrogen and oxygen atoms in total. The SMILES string of the molecule is CN(C(=O)N=S(N)(=O)c1cnc(C(C)(C)O)s1)c1c2c(cc3c1CCC3)CCC2. The number of nitrogens with zero attached hydrogens (tertiary/aromatic N) is 3. The van der Waals surface area contributed by atoms with Crippen LogP contribution in [0.5, 0.6) is 0 Å². The smallest absolute Gasteiger partial charge is 0.357 e. The highest BCUT2D eigenvalue weighted by Gasteiger charge is 2.29. The summed E-state index contributed by atoms with van der Waals surface area (Å²) in [6.45, 7) is 3.17. The van der Waals surface area contributed by atoms with E-state index in [2.05, 4.69) is 15.4 Å². The molecule has 3 N–H and O–H groups in total. The molecule has 1 atom stereocenters. The van der Waals surface area contributed by atoms with E-state index in [0.717, 1.165) is 55.5 Å².